The van der Waals surface area contributed by atoms with Gasteiger partial charge in [0.2, 0.25) is 0 Å². The van der Waals surface area contributed by atoms with Gasteiger partial charge in [-0.05, 0) is 31.7 Å². The molecule has 5 heteroatoms. The van der Waals surface area contributed by atoms with Crippen LogP contribution in [0, 0.1) is 0 Å². The number of hydrogen-bond acceptors (Lipinski definition) is 3. The molecule has 0 spiro atoms. The monoisotopic (exact) mass is 336 g/mol. The first-order valence-corrected chi connectivity index (χ1v) is 7.45. The SMILES string of the molecule is CC(N)C(c1cccc(Br)c1)N(C)Cc1cnn(C)c1. The predicted octanol–water partition coefficient (Wildman–Crippen LogP) is 2.70. The molecule has 2 unspecified atom stereocenters. The van der Waals surface area contributed by atoms with Gasteiger partial charge in [0.15, 0.2) is 0 Å². The van der Waals surface area contributed by atoms with E-state index in [2.05, 4.69) is 45.1 Å². The van der Waals surface area contributed by atoms with Crippen LogP contribution in [0.3, 0.4) is 0 Å². The van der Waals surface area contributed by atoms with Crippen molar-refractivity contribution in [2.75, 3.05) is 7.05 Å². The van der Waals surface area contributed by atoms with Gasteiger partial charge in [-0.25, -0.2) is 0 Å². The minimum Gasteiger partial charge on any atom is -0.326 e. The van der Waals surface area contributed by atoms with Crippen LogP contribution in [0.5, 0.6) is 0 Å². The maximum Gasteiger partial charge on any atom is 0.0534 e. The summed E-state index contributed by atoms with van der Waals surface area (Å²) in [5, 5.41) is 4.21. The minimum absolute atomic E-state index is 0.0472. The molecule has 2 atom stereocenters. The van der Waals surface area contributed by atoms with Crippen LogP contribution in [-0.2, 0) is 13.6 Å². The van der Waals surface area contributed by atoms with Gasteiger partial charge in [0.05, 0.1) is 6.20 Å². The molecule has 0 aliphatic heterocycles. The number of nitrogens with two attached hydrogens (primary N) is 1. The zero-order valence-corrected chi connectivity index (χ0v) is 13.7. The standard InChI is InChI=1S/C15H21BrN4/c1-11(17)15(13-5-4-6-14(16)7-13)19(2)9-12-8-18-20(3)10-12/h4-8,10-11,15H,9,17H2,1-3H3. The molecule has 20 heavy (non-hydrogen) atoms. The highest BCUT2D eigenvalue weighted by molar-refractivity contribution is 9.10. The molecule has 0 fully saturated rings. The average molecular weight is 337 g/mol. The van der Waals surface area contributed by atoms with E-state index in [9.17, 15) is 0 Å². The van der Waals surface area contributed by atoms with E-state index in [1.807, 2.05) is 43.2 Å². The lowest BCUT2D eigenvalue weighted by atomic mass is 9.99. The Kier molecular flexibility index (Phi) is 4.96. The molecular formula is C15H21BrN4. The van der Waals surface area contributed by atoms with Gasteiger partial charge in [-0.15, -0.1) is 0 Å². The number of benzene rings is 1. The Morgan fingerprint density at radius 3 is 2.75 bits per heavy atom. The third-order valence-corrected chi connectivity index (χ3v) is 3.85. The highest BCUT2D eigenvalue weighted by Crippen LogP contribution is 2.26. The molecule has 1 heterocycles. The summed E-state index contributed by atoms with van der Waals surface area (Å²) < 4.78 is 2.90. The van der Waals surface area contributed by atoms with E-state index in [0.717, 1.165) is 11.0 Å². The van der Waals surface area contributed by atoms with Crippen molar-refractivity contribution in [2.24, 2.45) is 12.8 Å². The number of likely N-dealkylation sites (N-methyl/N-ethyl adjacent to an activating group) is 1. The molecule has 1 aromatic carbocycles. The molecule has 2 N–H and O–H groups in total. The summed E-state index contributed by atoms with van der Waals surface area (Å²) in [5.41, 5.74) is 8.61. The van der Waals surface area contributed by atoms with Gasteiger partial charge >= 0.3 is 0 Å². The second-order valence-corrected chi connectivity index (χ2v) is 6.21. The Hall–Kier alpha value is -1.17. The molecule has 2 rings (SSSR count). The van der Waals surface area contributed by atoms with Gasteiger partial charge in [0, 0.05) is 41.9 Å². The summed E-state index contributed by atoms with van der Waals surface area (Å²) in [4.78, 5) is 2.27. The second kappa shape index (κ2) is 6.52. The van der Waals surface area contributed by atoms with Crippen molar-refractivity contribution in [3.05, 3.63) is 52.3 Å². The molecule has 108 valence electrons. The van der Waals surface area contributed by atoms with Gasteiger partial charge in [0.25, 0.3) is 0 Å². The lowest BCUT2D eigenvalue weighted by Gasteiger charge is -2.31. The van der Waals surface area contributed by atoms with E-state index in [0.29, 0.717) is 0 Å². The molecule has 0 saturated heterocycles. The zero-order chi connectivity index (χ0) is 14.7. The van der Waals surface area contributed by atoms with E-state index in [4.69, 9.17) is 5.73 Å². The van der Waals surface area contributed by atoms with Gasteiger partial charge in [-0.2, -0.15) is 5.10 Å². The molecule has 0 saturated carbocycles. The Bertz CT molecular complexity index is 565. The molecule has 0 bridgehead atoms. The van der Waals surface area contributed by atoms with Gasteiger partial charge < -0.3 is 5.73 Å². The number of nitrogens with zero attached hydrogens (tertiary/aromatic N) is 3. The molecule has 1 aromatic heterocycles. The second-order valence-electron chi connectivity index (χ2n) is 5.30. The molecule has 0 aliphatic carbocycles. The van der Waals surface area contributed by atoms with Crippen LogP contribution in [0.25, 0.3) is 0 Å². The first-order chi connectivity index (χ1) is 9.47. The van der Waals surface area contributed by atoms with Gasteiger partial charge in [0.1, 0.15) is 0 Å². The van der Waals surface area contributed by atoms with E-state index < -0.39 is 0 Å². The Morgan fingerprint density at radius 2 is 2.20 bits per heavy atom. The summed E-state index contributed by atoms with van der Waals surface area (Å²) in [6, 6.07) is 8.56. The Labute approximate surface area is 128 Å². The quantitative estimate of drug-likeness (QED) is 0.913. The number of hydrogen-bond donors (Lipinski definition) is 1. The van der Waals surface area contributed by atoms with Crippen molar-refractivity contribution in [3.8, 4) is 0 Å². The zero-order valence-electron chi connectivity index (χ0n) is 12.1. The third-order valence-electron chi connectivity index (χ3n) is 3.35. The summed E-state index contributed by atoms with van der Waals surface area (Å²) in [5.74, 6) is 0. The van der Waals surface area contributed by atoms with E-state index in [-0.39, 0.29) is 12.1 Å². The molecule has 0 radical (unpaired) electrons. The van der Waals surface area contributed by atoms with E-state index in [1.165, 1.54) is 11.1 Å². The van der Waals surface area contributed by atoms with Crippen LogP contribution in [0.2, 0.25) is 0 Å². The smallest absolute Gasteiger partial charge is 0.0534 e. The normalized spacial score (nSPS) is 14.5. The third kappa shape index (κ3) is 3.69. The highest BCUT2D eigenvalue weighted by Gasteiger charge is 2.21. The van der Waals surface area contributed by atoms with Crippen molar-refractivity contribution >= 4 is 15.9 Å². The first-order valence-electron chi connectivity index (χ1n) is 6.66. The van der Waals surface area contributed by atoms with Crippen LogP contribution >= 0.6 is 15.9 Å². The fourth-order valence-electron chi connectivity index (χ4n) is 2.59. The number of aryl methyl sites for hydroxylation is 1. The maximum absolute atomic E-state index is 6.20. The molecule has 0 amide bonds. The van der Waals surface area contributed by atoms with Crippen molar-refractivity contribution < 1.29 is 0 Å². The minimum atomic E-state index is 0.0472. The average Bonchev–Trinajstić information content (AvgIpc) is 2.74. The van der Waals surface area contributed by atoms with E-state index >= 15 is 0 Å². The molecular weight excluding hydrogens is 316 g/mol. The van der Waals surface area contributed by atoms with Crippen LogP contribution in [0.15, 0.2) is 41.1 Å². The van der Waals surface area contributed by atoms with Crippen LogP contribution < -0.4 is 5.73 Å². The summed E-state index contributed by atoms with van der Waals surface area (Å²) in [6.45, 7) is 2.87. The van der Waals surface area contributed by atoms with Crippen molar-refractivity contribution in [3.63, 3.8) is 0 Å². The summed E-state index contributed by atoms with van der Waals surface area (Å²) in [6.07, 6.45) is 3.94. The lowest BCUT2D eigenvalue weighted by Crippen LogP contribution is -2.36. The fourth-order valence-corrected chi connectivity index (χ4v) is 3.01. The lowest BCUT2D eigenvalue weighted by molar-refractivity contribution is 0.211. The topological polar surface area (TPSA) is 47.1 Å². The van der Waals surface area contributed by atoms with E-state index in [1.54, 1.807) is 0 Å². The predicted molar refractivity (Wildman–Crippen MR) is 85.2 cm³/mol. The summed E-state index contributed by atoms with van der Waals surface area (Å²) >= 11 is 3.53. The van der Waals surface area contributed by atoms with Crippen LogP contribution in [0.4, 0.5) is 0 Å². The number of halogens is 1. The van der Waals surface area contributed by atoms with Crippen molar-refractivity contribution in [1.82, 2.24) is 14.7 Å². The summed E-state index contributed by atoms with van der Waals surface area (Å²) in [7, 11) is 4.03. The largest absolute Gasteiger partial charge is 0.326 e. The maximum atomic E-state index is 6.20. The van der Waals surface area contributed by atoms with Crippen molar-refractivity contribution in [1.29, 1.82) is 0 Å². The Balaban J connectivity index is 2.20. The number of aromatic nitrogens is 2. The van der Waals surface area contributed by atoms with Crippen molar-refractivity contribution in [2.45, 2.75) is 25.6 Å². The van der Waals surface area contributed by atoms with Crippen LogP contribution in [-0.4, -0.2) is 27.8 Å². The molecule has 0 aliphatic rings. The number of rotatable bonds is 5. The fraction of sp³-hybridized carbons (Fsp3) is 0.400. The van der Waals surface area contributed by atoms with Crippen LogP contribution in [0.1, 0.15) is 24.1 Å². The van der Waals surface area contributed by atoms with Gasteiger partial charge in [-0.1, -0.05) is 28.1 Å². The van der Waals surface area contributed by atoms with Gasteiger partial charge in [-0.3, -0.25) is 9.58 Å². The molecule has 2 aromatic rings. The molecule has 4 nitrogen and oxygen atoms in total. The Morgan fingerprint density at radius 1 is 1.45 bits per heavy atom. The highest BCUT2D eigenvalue weighted by atomic mass is 79.9. The first kappa shape index (κ1) is 15.2.